The summed E-state index contributed by atoms with van der Waals surface area (Å²) in [5.41, 5.74) is 3.11. The van der Waals surface area contributed by atoms with Crippen molar-refractivity contribution in [3.8, 4) is 5.75 Å². The van der Waals surface area contributed by atoms with E-state index < -0.39 is 5.91 Å². The van der Waals surface area contributed by atoms with Gasteiger partial charge in [-0.2, -0.15) is 5.10 Å². The van der Waals surface area contributed by atoms with Crippen LogP contribution in [0.3, 0.4) is 0 Å². The lowest BCUT2D eigenvalue weighted by Gasteiger charge is -1.97. The second kappa shape index (κ2) is 4.96. The fourth-order valence-electron chi connectivity index (χ4n) is 1.42. The second-order valence-corrected chi connectivity index (χ2v) is 5.41. The maximum atomic E-state index is 11.8. The van der Waals surface area contributed by atoms with Gasteiger partial charge in [-0.25, -0.2) is 5.43 Å². The SMILES string of the molecule is CC(C)=NNC(=O)c1sc2cc(Cl)ccc2c1O. The van der Waals surface area contributed by atoms with Gasteiger partial charge in [-0.1, -0.05) is 11.6 Å². The van der Waals surface area contributed by atoms with Crippen molar-refractivity contribution in [2.75, 3.05) is 0 Å². The van der Waals surface area contributed by atoms with Crippen LogP contribution in [-0.2, 0) is 0 Å². The number of amides is 1. The summed E-state index contributed by atoms with van der Waals surface area (Å²) in [6.07, 6.45) is 0. The van der Waals surface area contributed by atoms with Crippen LogP contribution in [0.1, 0.15) is 23.5 Å². The van der Waals surface area contributed by atoms with Crippen LogP contribution in [0.15, 0.2) is 23.3 Å². The highest BCUT2D eigenvalue weighted by Gasteiger charge is 2.17. The molecule has 94 valence electrons. The first-order chi connectivity index (χ1) is 8.49. The van der Waals surface area contributed by atoms with E-state index in [9.17, 15) is 9.90 Å². The zero-order valence-electron chi connectivity index (χ0n) is 9.82. The third kappa shape index (κ3) is 2.47. The molecule has 0 saturated carbocycles. The fourth-order valence-corrected chi connectivity index (χ4v) is 2.69. The van der Waals surface area contributed by atoms with Crippen molar-refractivity contribution in [1.29, 1.82) is 0 Å². The van der Waals surface area contributed by atoms with Gasteiger partial charge >= 0.3 is 0 Å². The first kappa shape index (κ1) is 12.9. The molecule has 0 fully saturated rings. The molecule has 6 heteroatoms. The van der Waals surface area contributed by atoms with Crippen molar-refractivity contribution < 1.29 is 9.90 Å². The lowest BCUT2D eigenvalue weighted by atomic mass is 10.2. The number of carbonyl (C=O) groups is 1. The predicted octanol–water partition coefficient (Wildman–Crippen LogP) is 3.39. The van der Waals surface area contributed by atoms with Crippen LogP contribution in [0, 0.1) is 0 Å². The Morgan fingerprint density at radius 2 is 2.17 bits per heavy atom. The van der Waals surface area contributed by atoms with Gasteiger partial charge < -0.3 is 5.11 Å². The Morgan fingerprint density at radius 1 is 1.44 bits per heavy atom. The number of nitrogens with one attached hydrogen (secondary N) is 1. The Bertz CT molecular complexity index is 645. The molecular weight excluding hydrogens is 272 g/mol. The zero-order chi connectivity index (χ0) is 13.3. The molecule has 0 saturated heterocycles. The largest absolute Gasteiger partial charge is 0.506 e. The summed E-state index contributed by atoms with van der Waals surface area (Å²) in [5, 5.41) is 15.0. The second-order valence-electron chi connectivity index (χ2n) is 3.92. The minimum absolute atomic E-state index is 0.0341. The standard InChI is InChI=1S/C12H11ClN2O2S/c1-6(2)14-15-12(17)11-10(16)8-4-3-7(13)5-9(8)18-11/h3-5,16H,1-2H3,(H,15,17). The molecule has 2 N–H and O–H groups in total. The quantitative estimate of drug-likeness (QED) is 0.655. The molecule has 18 heavy (non-hydrogen) atoms. The van der Waals surface area contributed by atoms with Crippen LogP contribution in [0.2, 0.25) is 5.02 Å². The van der Waals surface area contributed by atoms with Crippen LogP contribution < -0.4 is 5.43 Å². The van der Waals surface area contributed by atoms with Gasteiger partial charge in [0, 0.05) is 20.8 Å². The number of fused-ring (bicyclic) bond motifs is 1. The van der Waals surface area contributed by atoms with Gasteiger partial charge in [0.15, 0.2) is 0 Å². The molecule has 1 aromatic heterocycles. The maximum absolute atomic E-state index is 11.8. The van der Waals surface area contributed by atoms with Crippen molar-refractivity contribution in [3.05, 3.63) is 28.1 Å². The minimum atomic E-state index is -0.425. The van der Waals surface area contributed by atoms with E-state index in [1.54, 1.807) is 32.0 Å². The summed E-state index contributed by atoms with van der Waals surface area (Å²) in [4.78, 5) is 12.1. The van der Waals surface area contributed by atoms with Gasteiger partial charge in [0.05, 0.1) is 0 Å². The Hall–Kier alpha value is -1.59. The summed E-state index contributed by atoms with van der Waals surface area (Å²) in [5.74, 6) is -0.459. The highest BCUT2D eigenvalue weighted by atomic mass is 35.5. The number of hydrazone groups is 1. The van der Waals surface area contributed by atoms with Gasteiger partial charge in [-0.3, -0.25) is 4.79 Å². The molecule has 0 spiro atoms. The number of rotatable bonds is 2. The van der Waals surface area contributed by atoms with Crippen LogP contribution >= 0.6 is 22.9 Å². The Morgan fingerprint density at radius 3 is 2.83 bits per heavy atom. The number of benzene rings is 1. The topological polar surface area (TPSA) is 61.7 Å². The number of thiophene rings is 1. The number of hydrogen-bond donors (Lipinski definition) is 2. The zero-order valence-corrected chi connectivity index (χ0v) is 11.4. The van der Waals surface area contributed by atoms with E-state index in [-0.39, 0.29) is 10.6 Å². The molecule has 4 nitrogen and oxygen atoms in total. The van der Waals surface area contributed by atoms with Crippen LogP contribution in [0.25, 0.3) is 10.1 Å². The minimum Gasteiger partial charge on any atom is -0.506 e. The van der Waals surface area contributed by atoms with Crippen LogP contribution in [-0.4, -0.2) is 16.7 Å². The molecule has 0 unspecified atom stereocenters. The first-order valence-electron chi connectivity index (χ1n) is 5.21. The summed E-state index contributed by atoms with van der Waals surface area (Å²) in [6, 6.07) is 5.08. The molecular formula is C12H11ClN2O2S. The molecule has 0 aliphatic rings. The summed E-state index contributed by atoms with van der Waals surface area (Å²) in [7, 11) is 0. The number of nitrogens with zero attached hydrogens (tertiary/aromatic N) is 1. The smallest absolute Gasteiger partial charge is 0.285 e. The Balaban J connectivity index is 2.42. The van der Waals surface area contributed by atoms with Gasteiger partial charge in [0.1, 0.15) is 10.6 Å². The Labute approximate surface area is 113 Å². The number of hydrogen-bond acceptors (Lipinski definition) is 4. The molecule has 0 aliphatic carbocycles. The Kier molecular flexibility index (Phi) is 3.54. The average Bonchev–Trinajstić information content (AvgIpc) is 2.63. The van der Waals surface area contributed by atoms with E-state index in [0.29, 0.717) is 10.4 Å². The molecule has 0 aliphatic heterocycles. The monoisotopic (exact) mass is 282 g/mol. The first-order valence-corrected chi connectivity index (χ1v) is 6.40. The van der Waals surface area contributed by atoms with Gasteiger partial charge in [0.25, 0.3) is 5.91 Å². The third-order valence-electron chi connectivity index (χ3n) is 2.21. The number of carbonyl (C=O) groups excluding carboxylic acids is 1. The molecule has 0 radical (unpaired) electrons. The van der Waals surface area contributed by atoms with Crippen molar-refractivity contribution >= 4 is 44.6 Å². The number of halogens is 1. The molecule has 0 atom stereocenters. The molecule has 1 aromatic carbocycles. The van der Waals surface area contributed by atoms with E-state index in [2.05, 4.69) is 10.5 Å². The number of aromatic hydroxyl groups is 1. The molecule has 2 aromatic rings. The average molecular weight is 283 g/mol. The van der Waals surface area contributed by atoms with E-state index in [1.807, 2.05) is 0 Å². The van der Waals surface area contributed by atoms with E-state index in [0.717, 1.165) is 10.4 Å². The lowest BCUT2D eigenvalue weighted by molar-refractivity contribution is 0.0956. The van der Waals surface area contributed by atoms with Crippen molar-refractivity contribution in [2.24, 2.45) is 5.10 Å². The van der Waals surface area contributed by atoms with Crippen LogP contribution in [0.5, 0.6) is 5.75 Å². The van der Waals surface area contributed by atoms with Gasteiger partial charge in [0.2, 0.25) is 0 Å². The predicted molar refractivity (Wildman–Crippen MR) is 74.7 cm³/mol. The molecule has 0 bridgehead atoms. The third-order valence-corrected chi connectivity index (χ3v) is 3.59. The highest BCUT2D eigenvalue weighted by molar-refractivity contribution is 7.21. The summed E-state index contributed by atoms with van der Waals surface area (Å²) < 4.78 is 0.766. The molecule has 1 heterocycles. The lowest BCUT2D eigenvalue weighted by Crippen LogP contribution is -2.17. The molecule has 2 rings (SSSR count). The normalized spacial score (nSPS) is 10.4. The van der Waals surface area contributed by atoms with Crippen molar-refractivity contribution in [1.82, 2.24) is 5.43 Å². The van der Waals surface area contributed by atoms with Crippen molar-refractivity contribution in [3.63, 3.8) is 0 Å². The van der Waals surface area contributed by atoms with Crippen molar-refractivity contribution in [2.45, 2.75) is 13.8 Å². The van der Waals surface area contributed by atoms with Gasteiger partial charge in [-0.05, 0) is 32.0 Å². The van der Waals surface area contributed by atoms with E-state index in [1.165, 1.54) is 11.3 Å². The van der Waals surface area contributed by atoms with E-state index in [4.69, 9.17) is 11.6 Å². The van der Waals surface area contributed by atoms with E-state index >= 15 is 0 Å². The molecule has 1 amide bonds. The summed E-state index contributed by atoms with van der Waals surface area (Å²) >= 11 is 7.05. The van der Waals surface area contributed by atoms with Gasteiger partial charge in [-0.15, -0.1) is 11.3 Å². The summed E-state index contributed by atoms with van der Waals surface area (Å²) in [6.45, 7) is 3.54. The van der Waals surface area contributed by atoms with Crippen LogP contribution in [0.4, 0.5) is 0 Å². The maximum Gasteiger partial charge on any atom is 0.285 e. The fraction of sp³-hybridized carbons (Fsp3) is 0.167. The highest BCUT2D eigenvalue weighted by Crippen LogP contribution is 2.37.